The van der Waals surface area contributed by atoms with Gasteiger partial charge in [0.05, 0.1) is 18.6 Å². The summed E-state index contributed by atoms with van der Waals surface area (Å²) in [6.07, 6.45) is 3.86. The van der Waals surface area contributed by atoms with E-state index in [-0.39, 0.29) is 5.91 Å². The van der Waals surface area contributed by atoms with E-state index in [1.165, 1.54) is 17.3 Å². The van der Waals surface area contributed by atoms with Gasteiger partial charge in [0.15, 0.2) is 5.16 Å². The van der Waals surface area contributed by atoms with E-state index in [0.717, 1.165) is 40.6 Å². The second-order valence-corrected chi connectivity index (χ2v) is 8.61. The van der Waals surface area contributed by atoms with Gasteiger partial charge in [-0.05, 0) is 61.6 Å². The predicted molar refractivity (Wildman–Crippen MR) is 118 cm³/mol. The number of methoxy groups -OCH3 is 1. The third-order valence-corrected chi connectivity index (χ3v) is 6.21. The highest BCUT2D eigenvalue weighted by Gasteiger charge is 2.32. The first-order valence-corrected chi connectivity index (χ1v) is 11.1. The van der Waals surface area contributed by atoms with Gasteiger partial charge in [-0.3, -0.25) is 9.36 Å². The van der Waals surface area contributed by atoms with Crippen molar-refractivity contribution in [2.75, 3.05) is 12.9 Å². The van der Waals surface area contributed by atoms with Crippen molar-refractivity contribution in [1.29, 1.82) is 0 Å². The van der Waals surface area contributed by atoms with E-state index in [1.54, 1.807) is 13.4 Å². The number of aromatic nitrogens is 3. The lowest BCUT2D eigenvalue weighted by Crippen LogP contribution is -2.34. The topological polar surface area (TPSA) is 60.2 Å². The number of amides is 1. The molecule has 1 amide bonds. The Bertz CT molecular complexity index is 1030. The molecule has 1 heterocycles. The maximum absolute atomic E-state index is 13.0. The maximum atomic E-state index is 13.0. The zero-order chi connectivity index (χ0) is 21.1. The van der Waals surface area contributed by atoms with Gasteiger partial charge in [-0.15, -0.1) is 10.2 Å². The number of nitrogens with zero attached hydrogens (tertiary/aromatic N) is 4. The Kier molecular flexibility index (Phi) is 6.08. The van der Waals surface area contributed by atoms with Gasteiger partial charge in [0, 0.05) is 12.6 Å². The molecule has 4 rings (SSSR count). The highest BCUT2D eigenvalue weighted by atomic mass is 32.2. The van der Waals surface area contributed by atoms with Crippen molar-refractivity contribution in [1.82, 2.24) is 19.7 Å². The number of thioether (sulfide) groups is 1. The quantitative estimate of drug-likeness (QED) is 0.510. The SMILES string of the molecule is COc1ccc(CN(C(=O)CSc2nncn2-c2cc(C)ccc2C)C2CC2)cc1. The molecule has 1 saturated carbocycles. The molecule has 1 aromatic heterocycles. The normalized spacial score (nSPS) is 13.3. The number of carbonyl (C=O) groups excluding carboxylic acids is 1. The molecule has 0 spiro atoms. The number of hydrogen-bond acceptors (Lipinski definition) is 5. The first-order chi connectivity index (χ1) is 14.5. The van der Waals surface area contributed by atoms with Crippen molar-refractivity contribution in [3.8, 4) is 11.4 Å². The van der Waals surface area contributed by atoms with Crippen LogP contribution >= 0.6 is 11.8 Å². The first kappa shape index (κ1) is 20.5. The van der Waals surface area contributed by atoms with Crippen LogP contribution in [0.4, 0.5) is 0 Å². The second-order valence-electron chi connectivity index (χ2n) is 7.66. The summed E-state index contributed by atoms with van der Waals surface area (Å²) in [6.45, 7) is 4.76. The monoisotopic (exact) mass is 422 g/mol. The van der Waals surface area contributed by atoms with Gasteiger partial charge in [-0.25, -0.2) is 0 Å². The molecule has 7 heteroatoms. The minimum Gasteiger partial charge on any atom is -0.497 e. The van der Waals surface area contributed by atoms with E-state index in [1.807, 2.05) is 33.7 Å². The summed E-state index contributed by atoms with van der Waals surface area (Å²) in [4.78, 5) is 15.0. The summed E-state index contributed by atoms with van der Waals surface area (Å²) < 4.78 is 7.19. The number of rotatable bonds is 8. The van der Waals surface area contributed by atoms with Crippen LogP contribution in [0.2, 0.25) is 0 Å². The van der Waals surface area contributed by atoms with E-state index in [4.69, 9.17) is 4.74 Å². The largest absolute Gasteiger partial charge is 0.497 e. The minimum absolute atomic E-state index is 0.133. The fourth-order valence-corrected chi connectivity index (χ4v) is 4.22. The van der Waals surface area contributed by atoms with Crippen LogP contribution in [-0.2, 0) is 11.3 Å². The molecule has 0 bridgehead atoms. The zero-order valence-corrected chi connectivity index (χ0v) is 18.4. The van der Waals surface area contributed by atoms with Gasteiger partial charge in [0.1, 0.15) is 12.1 Å². The molecule has 3 aromatic rings. The molecule has 1 aliphatic carbocycles. The Labute approximate surface area is 181 Å². The number of aryl methyl sites for hydroxylation is 2. The van der Waals surface area contributed by atoms with Crippen LogP contribution < -0.4 is 4.74 Å². The highest BCUT2D eigenvalue weighted by Crippen LogP contribution is 2.30. The molecule has 0 radical (unpaired) electrons. The van der Waals surface area contributed by atoms with Crippen molar-refractivity contribution in [3.63, 3.8) is 0 Å². The van der Waals surface area contributed by atoms with Crippen LogP contribution in [0, 0.1) is 13.8 Å². The molecule has 0 unspecified atom stereocenters. The number of benzene rings is 2. The molecule has 156 valence electrons. The lowest BCUT2D eigenvalue weighted by molar-refractivity contribution is -0.129. The van der Waals surface area contributed by atoms with Gasteiger partial charge < -0.3 is 9.64 Å². The molecule has 1 aliphatic rings. The van der Waals surface area contributed by atoms with E-state index in [0.29, 0.717) is 18.3 Å². The molecule has 30 heavy (non-hydrogen) atoms. The Hall–Kier alpha value is -2.80. The summed E-state index contributed by atoms with van der Waals surface area (Å²) in [5, 5.41) is 9.06. The molecule has 0 aliphatic heterocycles. The van der Waals surface area contributed by atoms with Crippen LogP contribution in [0.5, 0.6) is 5.75 Å². The van der Waals surface area contributed by atoms with Gasteiger partial charge in [-0.1, -0.05) is 36.0 Å². The Morgan fingerprint density at radius 1 is 1.20 bits per heavy atom. The fourth-order valence-electron chi connectivity index (χ4n) is 3.41. The molecular weight excluding hydrogens is 396 g/mol. The maximum Gasteiger partial charge on any atom is 0.233 e. The summed E-state index contributed by atoms with van der Waals surface area (Å²) in [6, 6.07) is 14.6. The Balaban J connectivity index is 1.44. The average Bonchev–Trinajstić information content (AvgIpc) is 3.49. The third kappa shape index (κ3) is 4.67. The molecule has 0 atom stereocenters. The zero-order valence-electron chi connectivity index (χ0n) is 17.5. The van der Waals surface area contributed by atoms with Crippen molar-refractivity contribution >= 4 is 17.7 Å². The summed E-state index contributed by atoms with van der Waals surface area (Å²) >= 11 is 1.44. The smallest absolute Gasteiger partial charge is 0.233 e. The summed E-state index contributed by atoms with van der Waals surface area (Å²) in [5.41, 5.74) is 4.48. The standard InChI is InChI=1S/C23H26N4O2S/c1-16-4-5-17(2)21(12-16)27-15-24-25-23(27)30-14-22(28)26(19-8-9-19)13-18-6-10-20(29-3)11-7-18/h4-7,10-12,15,19H,8-9,13-14H2,1-3H3. The van der Waals surface area contributed by atoms with Crippen molar-refractivity contribution < 1.29 is 9.53 Å². The molecule has 0 saturated heterocycles. The lowest BCUT2D eigenvalue weighted by atomic mass is 10.1. The lowest BCUT2D eigenvalue weighted by Gasteiger charge is -2.22. The fraction of sp³-hybridized carbons (Fsp3) is 0.348. The van der Waals surface area contributed by atoms with Crippen molar-refractivity contribution in [2.24, 2.45) is 0 Å². The van der Waals surface area contributed by atoms with Crippen LogP contribution in [0.1, 0.15) is 29.5 Å². The second kappa shape index (κ2) is 8.92. The van der Waals surface area contributed by atoms with Crippen LogP contribution in [-0.4, -0.2) is 44.5 Å². The molecule has 2 aromatic carbocycles. The Morgan fingerprint density at radius 2 is 1.97 bits per heavy atom. The van der Waals surface area contributed by atoms with Crippen molar-refractivity contribution in [3.05, 3.63) is 65.5 Å². The van der Waals surface area contributed by atoms with Gasteiger partial charge in [0.25, 0.3) is 0 Å². The number of hydrogen-bond donors (Lipinski definition) is 0. The molecule has 1 fully saturated rings. The van der Waals surface area contributed by atoms with Crippen molar-refractivity contribution in [2.45, 2.75) is 44.4 Å². The Morgan fingerprint density at radius 3 is 2.67 bits per heavy atom. The number of ether oxygens (including phenoxy) is 1. The highest BCUT2D eigenvalue weighted by molar-refractivity contribution is 7.99. The average molecular weight is 423 g/mol. The molecule has 6 nitrogen and oxygen atoms in total. The molecular formula is C23H26N4O2S. The van der Waals surface area contributed by atoms with Crippen LogP contribution in [0.15, 0.2) is 53.9 Å². The van der Waals surface area contributed by atoms with E-state index in [2.05, 4.69) is 42.2 Å². The summed E-state index contributed by atoms with van der Waals surface area (Å²) in [7, 11) is 1.66. The van der Waals surface area contributed by atoms with E-state index < -0.39 is 0 Å². The van der Waals surface area contributed by atoms with Gasteiger partial charge in [0.2, 0.25) is 5.91 Å². The van der Waals surface area contributed by atoms with Gasteiger partial charge in [-0.2, -0.15) is 0 Å². The summed E-state index contributed by atoms with van der Waals surface area (Å²) in [5.74, 6) is 1.30. The van der Waals surface area contributed by atoms with Gasteiger partial charge >= 0.3 is 0 Å². The van der Waals surface area contributed by atoms with E-state index in [9.17, 15) is 4.79 Å². The van der Waals surface area contributed by atoms with E-state index >= 15 is 0 Å². The third-order valence-electron chi connectivity index (χ3n) is 5.29. The first-order valence-electron chi connectivity index (χ1n) is 10.1. The van der Waals surface area contributed by atoms with Crippen LogP contribution in [0.25, 0.3) is 5.69 Å². The predicted octanol–water partition coefficient (Wildman–Crippen LogP) is 4.18. The number of carbonyl (C=O) groups is 1. The van der Waals surface area contributed by atoms with Crippen LogP contribution in [0.3, 0.4) is 0 Å². The minimum atomic E-state index is 0.133. The molecule has 0 N–H and O–H groups in total.